The van der Waals surface area contributed by atoms with Crippen molar-refractivity contribution in [2.24, 2.45) is 0 Å². The molecule has 34 heavy (non-hydrogen) atoms. The molecule has 0 bridgehead atoms. The van der Waals surface area contributed by atoms with Gasteiger partial charge in [0.2, 0.25) is 0 Å². The van der Waals surface area contributed by atoms with E-state index >= 15 is 0 Å². The van der Waals surface area contributed by atoms with Crippen LogP contribution in [0, 0.1) is 0 Å². The molecular formula is C33H23N. The molecule has 1 heteroatoms. The van der Waals surface area contributed by atoms with Crippen LogP contribution in [0.1, 0.15) is 5.56 Å². The third kappa shape index (κ3) is 2.87. The van der Waals surface area contributed by atoms with Gasteiger partial charge in [-0.15, -0.1) is 0 Å². The topological polar surface area (TPSA) is 12.0 Å². The molecule has 0 amide bonds. The van der Waals surface area contributed by atoms with E-state index in [1.165, 1.54) is 65.5 Å². The van der Waals surface area contributed by atoms with Crippen molar-refractivity contribution in [1.29, 1.82) is 0 Å². The molecule has 0 saturated heterocycles. The summed E-state index contributed by atoms with van der Waals surface area (Å²) in [5.41, 5.74) is 5.03. The highest BCUT2D eigenvalue weighted by molar-refractivity contribution is 6.19. The number of hydrogen-bond donors (Lipinski definition) is 1. The van der Waals surface area contributed by atoms with Crippen LogP contribution in [0.5, 0.6) is 0 Å². The van der Waals surface area contributed by atoms with Gasteiger partial charge in [0.15, 0.2) is 0 Å². The first kappa shape index (κ1) is 19.1. The van der Waals surface area contributed by atoms with Crippen LogP contribution >= 0.6 is 0 Å². The van der Waals surface area contributed by atoms with E-state index in [9.17, 15) is 0 Å². The molecule has 0 aliphatic carbocycles. The summed E-state index contributed by atoms with van der Waals surface area (Å²) in [5, 5.41) is 13.9. The molecule has 0 aromatic heterocycles. The molecule has 1 heterocycles. The second kappa shape index (κ2) is 7.60. The molecule has 0 spiro atoms. The van der Waals surface area contributed by atoms with Crippen LogP contribution in [0.15, 0.2) is 121 Å². The van der Waals surface area contributed by atoms with Crippen LogP contribution in [0.25, 0.3) is 59.9 Å². The third-order valence-electron chi connectivity index (χ3n) is 7.04. The Balaban J connectivity index is 1.58. The highest BCUT2D eigenvalue weighted by Crippen LogP contribution is 2.42. The Bertz CT molecular complexity index is 1750. The van der Waals surface area contributed by atoms with Gasteiger partial charge in [0.05, 0.1) is 0 Å². The van der Waals surface area contributed by atoms with Crippen LogP contribution in [-0.2, 0) is 0 Å². The maximum Gasteiger partial charge on any atom is 0.0428 e. The molecule has 0 saturated carbocycles. The lowest BCUT2D eigenvalue weighted by Gasteiger charge is -2.21. The van der Waals surface area contributed by atoms with E-state index in [0.717, 1.165) is 6.54 Å². The van der Waals surface area contributed by atoms with E-state index in [-0.39, 0.29) is 0 Å². The Hall–Kier alpha value is -4.36. The number of benzene rings is 6. The van der Waals surface area contributed by atoms with Gasteiger partial charge in [0.1, 0.15) is 0 Å². The fourth-order valence-corrected chi connectivity index (χ4v) is 5.53. The zero-order valence-electron chi connectivity index (χ0n) is 18.8. The number of dihydropyridines is 1. The molecule has 160 valence electrons. The lowest BCUT2D eigenvalue weighted by molar-refractivity contribution is 1.000. The maximum absolute atomic E-state index is 3.59. The minimum absolute atomic E-state index is 0.856. The van der Waals surface area contributed by atoms with Crippen molar-refractivity contribution in [3.8, 4) is 11.1 Å². The summed E-state index contributed by atoms with van der Waals surface area (Å²) in [6.07, 6.45) is 6.50. The van der Waals surface area contributed by atoms with Crippen molar-refractivity contribution in [1.82, 2.24) is 5.32 Å². The van der Waals surface area contributed by atoms with E-state index in [4.69, 9.17) is 0 Å². The zero-order valence-corrected chi connectivity index (χ0v) is 18.8. The Labute approximate surface area is 198 Å². The summed E-state index contributed by atoms with van der Waals surface area (Å²) >= 11 is 0. The highest BCUT2D eigenvalue weighted by atomic mass is 14.9. The SMILES string of the molecule is C1=CCNC(c2c3ccccc3c(-c3ccc4c(ccc5ccccc54)c3)c3ccccc23)=C1. The maximum atomic E-state index is 3.59. The van der Waals surface area contributed by atoms with Crippen molar-refractivity contribution < 1.29 is 0 Å². The molecular weight excluding hydrogens is 410 g/mol. The lowest BCUT2D eigenvalue weighted by atomic mass is 9.86. The summed E-state index contributed by atoms with van der Waals surface area (Å²) in [7, 11) is 0. The van der Waals surface area contributed by atoms with Crippen molar-refractivity contribution in [2.75, 3.05) is 6.54 Å². The van der Waals surface area contributed by atoms with Gasteiger partial charge in [-0.2, -0.15) is 0 Å². The molecule has 0 atom stereocenters. The predicted molar refractivity (Wildman–Crippen MR) is 147 cm³/mol. The van der Waals surface area contributed by atoms with E-state index in [1.807, 2.05) is 0 Å². The first-order valence-electron chi connectivity index (χ1n) is 11.8. The van der Waals surface area contributed by atoms with E-state index in [2.05, 4.69) is 127 Å². The number of rotatable bonds is 2. The minimum atomic E-state index is 0.856. The largest absolute Gasteiger partial charge is 0.381 e. The van der Waals surface area contributed by atoms with Crippen molar-refractivity contribution >= 4 is 48.8 Å². The third-order valence-corrected chi connectivity index (χ3v) is 7.04. The molecule has 6 aromatic rings. The Kier molecular flexibility index (Phi) is 4.28. The molecule has 7 rings (SSSR count). The summed E-state index contributed by atoms with van der Waals surface area (Å²) in [5.74, 6) is 0. The summed E-state index contributed by atoms with van der Waals surface area (Å²) < 4.78 is 0. The second-order valence-corrected chi connectivity index (χ2v) is 8.95. The summed E-state index contributed by atoms with van der Waals surface area (Å²) in [6, 6.07) is 37.7. The smallest absolute Gasteiger partial charge is 0.0428 e. The quantitative estimate of drug-likeness (QED) is 0.213. The van der Waals surface area contributed by atoms with Crippen LogP contribution in [0.4, 0.5) is 0 Å². The molecule has 1 N–H and O–H groups in total. The molecule has 1 nitrogen and oxygen atoms in total. The van der Waals surface area contributed by atoms with Gasteiger partial charge >= 0.3 is 0 Å². The van der Waals surface area contributed by atoms with Crippen LogP contribution in [0.2, 0.25) is 0 Å². The van der Waals surface area contributed by atoms with Crippen molar-refractivity contribution in [3.05, 3.63) is 127 Å². The van der Waals surface area contributed by atoms with Crippen molar-refractivity contribution in [3.63, 3.8) is 0 Å². The predicted octanol–water partition coefficient (Wildman–Crippen LogP) is 8.47. The zero-order chi connectivity index (χ0) is 22.5. The fraction of sp³-hybridized carbons (Fsp3) is 0.0303. The van der Waals surface area contributed by atoms with Gasteiger partial charge in [-0.1, -0.05) is 109 Å². The standard InChI is InChI=1S/C33H23N/c1-2-10-25-22(9-1)16-17-23-21-24(18-19-26(23)25)32-27-11-3-5-13-29(27)33(31-15-7-8-20-34-31)30-14-6-4-12-28(30)32/h1-19,21,34H,20H2. The van der Waals surface area contributed by atoms with Crippen LogP contribution in [0.3, 0.4) is 0 Å². The Morgan fingerprint density at radius 3 is 1.76 bits per heavy atom. The number of allylic oxidation sites excluding steroid dienone is 2. The molecule has 6 aromatic carbocycles. The van der Waals surface area contributed by atoms with Gasteiger partial charge in [0.25, 0.3) is 0 Å². The molecule has 0 fully saturated rings. The van der Waals surface area contributed by atoms with Gasteiger partial charge in [-0.3, -0.25) is 0 Å². The van der Waals surface area contributed by atoms with Gasteiger partial charge in [-0.05, 0) is 66.4 Å². The number of nitrogens with one attached hydrogen (secondary N) is 1. The average Bonchev–Trinajstić information content (AvgIpc) is 2.91. The highest BCUT2D eigenvalue weighted by Gasteiger charge is 2.18. The molecule has 1 aliphatic heterocycles. The monoisotopic (exact) mass is 433 g/mol. The second-order valence-electron chi connectivity index (χ2n) is 8.95. The van der Waals surface area contributed by atoms with Gasteiger partial charge in [-0.25, -0.2) is 0 Å². The fourth-order valence-electron chi connectivity index (χ4n) is 5.53. The Morgan fingerprint density at radius 2 is 1.09 bits per heavy atom. The molecule has 1 aliphatic rings. The average molecular weight is 434 g/mol. The van der Waals surface area contributed by atoms with Gasteiger partial charge in [0, 0.05) is 17.8 Å². The first-order valence-corrected chi connectivity index (χ1v) is 11.8. The first-order chi connectivity index (χ1) is 16.9. The molecule has 0 radical (unpaired) electrons. The van der Waals surface area contributed by atoms with Crippen LogP contribution in [-0.4, -0.2) is 6.54 Å². The Morgan fingerprint density at radius 1 is 0.500 bits per heavy atom. The minimum Gasteiger partial charge on any atom is -0.381 e. The summed E-state index contributed by atoms with van der Waals surface area (Å²) in [6.45, 7) is 0.856. The van der Waals surface area contributed by atoms with E-state index < -0.39 is 0 Å². The van der Waals surface area contributed by atoms with E-state index in [1.54, 1.807) is 0 Å². The van der Waals surface area contributed by atoms with Crippen LogP contribution < -0.4 is 5.32 Å². The van der Waals surface area contributed by atoms with Crippen molar-refractivity contribution in [2.45, 2.75) is 0 Å². The lowest BCUT2D eigenvalue weighted by Crippen LogP contribution is -2.15. The normalized spacial score (nSPS) is 13.5. The van der Waals surface area contributed by atoms with Gasteiger partial charge < -0.3 is 5.32 Å². The van der Waals surface area contributed by atoms with E-state index in [0.29, 0.717) is 0 Å². The summed E-state index contributed by atoms with van der Waals surface area (Å²) in [4.78, 5) is 0. The number of fused-ring (bicyclic) bond motifs is 5. The number of hydrogen-bond acceptors (Lipinski definition) is 1. The molecule has 0 unspecified atom stereocenters.